The van der Waals surface area contributed by atoms with E-state index in [4.69, 9.17) is 19.8 Å². The van der Waals surface area contributed by atoms with Gasteiger partial charge in [-0.1, -0.05) is 0 Å². The van der Waals surface area contributed by atoms with Gasteiger partial charge < -0.3 is 15.5 Å². The lowest BCUT2D eigenvalue weighted by molar-refractivity contribution is -0.193. The number of aliphatic carboxylic acids is 2. The minimum Gasteiger partial charge on any atom is -0.475 e. The number of alkyl halides is 6. The molecule has 204 valence electrons. The maximum absolute atomic E-state index is 12.4. The number of nitrogens with zero attached hydrogens (tertiary/aromatic N) is 2. The topological polar surface area (TPSA) is 110 Å². The van der Waals surface area contributed by atoms with Crippen LogP contribution in [0.2, 0.25) is 0 Å². The maximum Gasteiger partial charge on any atom is 0.490 e. The van der Waals surface area contributed by atoms with Gasteiger partial charge in [-0.25, -0.2) is 9.59 Å². The van der Waals surface area contributed by atoms with Gasteiger partial charge in [0.1, 0.15) is 0 Å². The number of carbonyl (C=O) groups is 3. The van der Waals surface area contributed by atoms with Gasteiger partial charge in [-0.05, 0) is 60.5 Å². The van der Waals surface area contributed by atoms with Crippen molar-refractivity contribution in [2.45, 2.75) is 50.2 Å². The molecule has 2 aliphatic heterocycles. The van der Waals surface area contributed by atoms with Crippen LogP contribution in [0.5, 0.6) is 0 Å². The van der Waals surface area contributed by atoms with Gasteiger partial charge in [0.05, 0.1) is 6.04 Å². The second-order valence-electron chi connectivity index (χ2n) is 8.86. The molecule has 3 aliphatic rings. The molecule has 0 spiro atoms. The number of carboxylic acids is 2. The summed E-state index contributed by atoms with van der Waals surface area (Å²) in [5.74, 6) is -3.84. The minimum atomic E-state index is -5.08. The van der Waals surface area contributed by atoms with E-state index in [0.717, 1.165) is 38.5 Å². The molecular formula is C21H27F6N3O5S. The van der Waals surface area contributed by atoms with Crippen molar-refractivity contribution < 1.29 is 50.9 Å². The Bertz CT molecular complexity index is 868. The quantitative estimate of drug-likeness (QED) is 0.486. The fourth-order valence-corrected chi connectivity index (χ4v) is 4.73. The number of nitrogens with one attached hydrogen (secondary N) is 1. The van der Waals surface area contributed by atoms with Gasteiger partial charge in [0.25, 0.3) is 0 Å². The van der Waals surface area contributed by atoms with Crippen LogP contribution in [0.1, 0.15) is 24.8 Å². The van der Waals surface area contributed by atoms with Crippen LogP contribution in [0.25, 0.3) is 0 Å². The number of likely N-dealkylation sites (N-methyl/N-ethyl adjacent to an activating group) is 1. The van der Waals surface area contributed by atoms with Crippen LogP contribution in [0.4, 0.5) is 26.3 Å². The highest BCUT2D eigenvalue weighted by Gasteiger charge is 2.47. The van der Waals surface area contributed by atoms with E-state index in [2.05, 4.69) is 39.0 Å². The number of rotatable bonds is 5. The van der Waals surface area contributed by atoms with Crippen molar-refractivity contribution in [1.29, 1.82) is 0 Å². The van der Waals surface area contributed by atoms with Crippen LogP contribution in [0.15, 0.2) is 16.8 Å². The Hall–Kier alpha value is -2.39. The van der Waals surface area contributed by atoms with Crippen molar-refractivity contribution in [2.75, 3.05) is 26.7 Å². The molecule has 3 N–H and O–H groups in total. The number of carbonyl (C=O) groups excluding carboxylic acids is 1. The summed E-state index contributed by atoms with van der Waals surface area (Å²) in [5.41, 5.74) is 1.42. The third-order valence-electron chi connectivity index (χ3n) is 6.06. The van der Waals surface area contributed by atoms with Gasteiger partial charge >= 0.3 is 24.3 Å². The molecule has 0 bridgehead atoms. The summed E-state index contributed by atoms with van der Waals surface area (Å²) in [4.78, 5) is 35.1. The van der Waals surface area contributed by atoms with E-state index in [1.807, 2.05) is 0 Å². The standard InChI is InChI=1S/C17H25N3OS.2C2HF3O2/c1-19-15(17(21)18-7-12-2-3-12)6-14-9-20(10-16(14)19)8-13-4-5-22-11-13;2*3-2(4,5)1(6)7/h4-5,11-12,14-16H,2-3,6-10H2,1H3,(H,18,21);2*(H,6,7)/t14-,15+,16+;;/m0../s1. The number of halogens is 6. The molecule has 1 aromatic heterocycles. The first-order chi connectivity index (χ1) is 16.6. The lowest BCUT2D eigenvalue weighted by Gasteiger charge is -2.26. The lowest BCUT2D eigenvalue weighted by atomic mass is 10.0. The number of thiophene rings is 1. The van der Waals surface area contributed by atoms with Crippen LogP contribution >= 0.6 is 11.3 Å². The highest BCUT2D eigenvalue weighted by molar-refractivity contribution is 7.07. The van der Waals surface area contributed by atoms with Crippen LogP contribution in [0, 0.1) is 11.8 Å². The van der Waals surface area contributed by atoms with Gasteiger partial charge in [0.15, 0.2) is 0 Å². The molecule has 0 unspecified atom stereocenters. The minimum absolute atomic E-state index is 0.0945. The summed E-state index contributed by atoms with van der Waals surface area (Å²) in [5, 5.41) is 21.8. The van der Waals surface area contributed by atoms with Gasteiger partial charge in [-0.3, -0.25) is 14.6 Å². The van der Waals surface area contributed by atoms with Crippen LogP contribution in [-0.4, -0.2) is 89.0 Å². The molecule has 2 saturated heterocycles. The molecular weight excluding hydrogens is 520 g/mol. The molecule has 1 aliphatic carbocycles. The number of amides is 1. The zero-order valence-corrected chi connectivity index (χ0v) is 20.0. The molecule has 3 fully saturated rings. The van der Waals surface area contributed by atoms with Crippen molar-refractivity contribution in [3.05, 3.63) is 22.4 Å². The molecule has 15 heteroatoms. The van der Waals surface area contributed by atoms with Crippen molar-refractivity contribution >= 4 is 29.2 Å². The van der Waals surface area contributed by atoms with E-state index in [9.17, 15) is 31.1 Å². The number of hydrogen-bond donors (Lipinski definition) is 3. The van der Waals surface area contributed by atoms with Gasteiger partial charge in [-0.2, -0.15) is 37.7 Å². The van der Waals surface area contributed by atoms with Crippen molar-refractivity contribution in [2.24, 2.45) is 11.8 Å². The van der Waals surface area contributed by atoms with Crippen molar-refractivity contribution in [3.8, 4) is 0 Å². The van der Waals surface area contributed by atoms with E-state index in [1.54, 1.807) is 11.3 Å². The number of likely N-dealkylation sites (tertiary alicyclic amines) is 2. The summed E-state index contributed by atoms with van der Waals surface area (Å²) in [6.07, 6.45) is -6.55. The molecule has 1 saturated carbocycles. The van der Waals surface area contributed by atoms with Crippen molar-refractivity contribution in [1.82, 2.24) is 15.1 Å². The van der Waals surface area contributed by atoms with Gasteiger partial charge in [0.2, 0.25) is 5.91 Å². The fourth-order valence-electron chi connectivity index (χ4n) is 4.07. The first-order valence-corrected chi connectivity index (χ1v) is 11.9. The van der Waals surface area contributed by atoms with E-state index in [1.165, 1.54) is 18.4 Å². The number of carboxylic acid groups (broad SMARTS) is 2. The summed E-state index contributed by atoms with van der Waals surface area (Å²) >= 11 is 1.77. The number of hydrogen-bond acceptors (Lipinski definition) is 6. The Labute approximate surface area is 206 Å². The average molecular weight is 548 g/mol. The molecule has 3 heterocycles. The molecule has 0 radical (unpaired) electrons. The molecule has 8 nitrogen and oxygen atoms in total. The van der Waals surface area contributed by atoms with E-state index in [-0.39, 0.29) is 11.9 Å². The molecule has 0 aromatic carbocycles. The Morgan fingerprint density at radius 3 is 2.03 bits per heavy atom. The zero-order chi connectivity index (χ0) is 27.3. The molecule has 1 amide bonds. The first kappa shape index (κ1) is 29.8. The first-order valence-electron chi connectivity index (χ1n) is 10.9. The van der Waals surface area contributed by atoms with E-state index >= 15 is 0 Å². The predicted octanol–water partition coefficient (Wildman–Crippen LogP) is 3.05. The maximum atomic E-state index is 12.4. The Morgan fingerprint density at radius 1 is 1.06 bits per heavy atom. The highest BCUT2D eigenvalue weighted by atomic mass is 32.1. The Kier molecular flexibility index (Phi) is 10.1. The van der Waals surface area contributed by atoms with E-state index < -0.39 is 24.3 Å². The van der Waals surface area contributed by atoms with Gasteiger partial charge in [0, 0.05) is 32.2 Å². The van der Waals surface area contributed by atoms with Crippen molar-refractivity contribution in [3.63, 3.8) is 0 Å². The zero-order valence-electron chi connectivity index (χ0n) is 19.2. The Balaban J connectivity index is 0.000000271. The lowest BCUT2D eigenvalue weighted by Crippen LogP contribution is -2.46. The SMILES string of the molecule is CN1[C@@H](C(=O)NCC2CC2)C[C@H]2CN(Cc3ccsc3)C[C@H]21.O=C(O)C(F)(F)F.O=C(O)C(F)(F)F. The molecule has 1 aromatic rings. The second kappa shape index (κ2) is 12.2. The average Bonchev–Trinajstić information content (AvgIpc) is 3.14. The third kappa shape index (κ3) is 9.24. The third-order valence-corrected chi connectivity index (χ3v) is 6.79. The molecule has 3 atom stereocenters. The number of fused-ring (bicyclic) bond motifs is 1. The normalized spacial score (nSPS) is 24.1. The summed E-state index contributed by atoms with van der Waals surface area (Å²) in [7, 11) is 2.14. The Morgan fingerprint density at radius 2 is 1.61 bits per heavy atom. The van der Waals surface area contributed by atoms with E-state index in [0.29, 0.717) is 12.0 Å². The fraction of sp³-hybridized carbons (Fsp3) is 0.667. The van der Waals surface area contributed by atoms with Crippen LogP contribution in [-0.2, 0) is 20.9 Å². The summed E-state index contributed by atoms with van der Waals surface area (Å²) < 4.78 is 63.5. The largest absolute Gasteiger partial charge is 0.490 e. The molecule has 36 heavy (non-hydrogen) atoms. The van der Waals surface area contributed by atoms with Crippen LogP contribution in [0.3, 0.4) is 0 Å². The van der Waals surface area contributed by atoms with Gasteiger partial charge in [-0.15, -0.1) is 0 Å². The monoisotopic (exact) mass is 547 g/mol. The van der Waals surface area contributed by atoms with Crippen LogP contribution < -0.4 is 5.32 Å². The highest BCUT2D eigenvalue weighted by Crippen LogP contribution is 2.35. The molecule has 4 rings (SSSR count). The second-order valence-corrected chi connectivity index (χ2v) is 9.64. The summed E-state index contributed by atoms with van der Waals surface area (Å²) in [6.45, 7) is 4.19. The predicted molar refractivity (Wildman–Crippen MR) is 116 cm³/mol. The summed E-state index contributed by atoms with van der Waals surface area (Å²) in [6, 6.07) is 2.86. The smallest absolute Gasteiger partial charge is 0.475 e.